The van der Waals surface area contributed by atoms with Gasteiger partial charge in [0.1, 0.15) is 6.20 Å². The molecule has 0 unspecified atom stereocenters. The van der Waals surface area contributed by atoms with E-state index in [1.165, 1.54) is 6.20 Å². The molecule has 1 fully saturated rings. The van der Waals surface area contributed by atoms with Gasteiger partial charge in [0.15, 0.2) is 0 Å². The maximum atomic E-state index is 11.0. The molecular formula is C14H19N5O2. The number of rotatable bonds is 6. The highest BCUT2D eigenvalue weighted by molar-refractivity contribution is 5.58. The van der Waals surface area contributed by atoms with E-state index in [1.54, 1.807) is 0 Å². The van der Waals surface area contributed by atoms with Gasteiger partial charge in [-0.1, -0.05) is 12.2 Å². The Morgan fingerprint density at radius 2 is 2.19 bits per heavy atom. The first kappa shape index (κ1) is 13.8. The summed E-state index contributed by atoms with van der Waals surface area (Å²) in [7, 11) is 0. The first-order chi connectivity index (χ1) is 10.2. The van der Waals surface area contributed by atoms with Crippen LogP contribution in [-0.2, 0) is 0 Å². The Balaban J connectivity index is 1.66. The first-order valence-corrected chi connectivity index (χ1v) is 7.39. The van der Waals surface area contributed by atoms with Crippen LogP contribution >= 0.6 is 0 Å². The molecule has 1 atom stereocenters. The van der Waals surface area contributed by atoms with Crippen LogP contribution in [0.3, 0.4) is 0 Å². The van der Waals surface area contributed by atoms with Crippen LogP contribution in [0.4, 0.5) is 17.5 Å². The summed E-state index contributed by atoms with van der Waals surface area (Å²) in [4.78, 5) is 18.9. The molecular weight excluding hydrogens is 270 g/mol. The summed E-state index contributed by atoms with van der Waals surface area (Å²) >= 11 is 0. The Morgan fingerprint density at radius 1 is 1.33 bits per heavy atom. The number of hydrogen-bond acceptors (Lipinski definition) is 6. The zero-order valence-corrected chi connectivity index (χ0v) is 11.8. The van der Waals surface area contributed by atoms with Gasteiger partial charge in [-0.3, -0.25) is 10.1 Å². The zero-order valence-electron chi connectivity index (χ0n) is 11.8. The van der Waals surface area contributed by atoms with E-state index in [0.29, 0.717) is 23.7 Å². The lowest BCUT2D eigenvalue weighted by Gasteiger charge is -2.18. The van der Waals surface area contributed by atoms with Gasteiger partial charge in [0.05, 0.1) is 4.92 Å². The van der Waals surface area contributed by atoms with Gasteiger partial charge in [-0.05, 0) is 38.0 Å². The smallest absolute Gasteiger partial charge is 0.329 e. The standard InChI is InChI=1S/C14H19N5O2/c20-19(21)12-9-16-14(18-13(12)17-11-6-7-11)15-8-10-4-2-1-3-5-10/h1-2,9-11H,3-8H2,(H2,15,16,17,18)/t10-/m1/s1. The Hall–Kier alpha value is -2.18. The van der Waals surface area contributed by atoms with Crippen molar-refractivity contribution in [3.8, 4) is 0 Å². The third kappa shape index (κ3) is 3.68. The highest BCUT2D eigenvalue weighted by Crippen LogP contribution is 2.29. The van der Waals surface area contributed by atoms with Crippen molar-refractivity contribution in [1.82, 2.24) is 9.97 Å². The summed E-state index contributed by atoms with van der Waals surface area (Å²) in [5, 5.41) is 17.3. The van der Waals surface area contributed by atoms with E-state index in [0.717, 1.165) is 38.6 Å². The Kier molecular flexibility index (Phi) is 3.98. The van der Waals surface area contributed by atoms with Crippen molar-refractivity contribution in [2.75, 3.05) is 17.2 Å². The molecule has 7 nitrogen and oxygen atoms in total. The fourth-order valence-electron chi connectivity index (χ4n) is 2.40. The van der Waals surface area contributed by atoms with E-state index in [1.807, 2.05) is 0 Å². The second-order valence-corrected chi connectivity index (χ2v) is 5.63. The third-order valence-corrected chi connectivity index (χ3v) is 3.81. The lowest BCUT2D eigenvalue weighted by Crippen LogP contribution is -2.17. The largest absolute Gasteiger partial charge is 0.361 e. The summed E-state index contributed by atoms with van der Waals surface area (Å²) in [6, 6.07) is 0.315. The minimum absolute atomic E-state index is 0.0620. The van der Waals surface area contributed by atoms with E-state index in [-0.39, 0.29) is 5.69 Å². The molecule has 2 aliphatic carbocycles. The predicted octanol–water partition coefficient (Wildman–Crippen LogP) is 2.73. The van der Waals surface area contributed by atoms with Crippen LogP contribution in [0, 0.1) is 16.0 Å². The van der Waals surface area contributed by atoms with Crippen molar-refractivity contribution in [3.63, 3.8) is 0 Å². The Morgan fingerprint density at radius 3 is 2.86 bits per heavy atom. The quantitative estimate of drug-likeness (QED) is 0.475. The molecule has 1 aromatic rings. The van der Waals surface area contributed by atoms with Crippen molar-refractivity contribution in [1.29, 1.82) is 0 Å². The first-order valence-electron chi connectivity index (χ1n) is 7.39. The molecule has 0 aliphatic heterocycles. The van der Waals surface area contributed by atoms with Crippen LogP contribution in [0.2, 0.25) is 0 Å². The van der Waals surface area contributed by atoms with Gasteiger partial charge >= 0.3 is 5.69 Å². The average Bonchev–Trinajstić information content (AvgIpc) is 3.30. The van der Waals surface area contributed by atoms with Gasteiger partial charge in [0, 0.05) is 12.6 Å². The Bertz CT molecular complexity index is 556. The van der Waals surface area contributed by atoms with Crippen LogP contribution in [-0.4, -0.2) is 27.5 Å². The van der Waals surface area contributed by atoms with Gasteiger partial charge in [-0.25, -0.2) is 4.98 Å². The number of nitro groups is 1. The highest BCUT2D eigenvalue weighted by Gasteiger charge is 2.26. The molecule has 1 heterocycles. The molecule has 7 heteroatoms. The summed E-state index contributed by atoms with van der Waals surface area (Å²) in [6.07, 6.45) is 11.1. The fourth-order valence-corrected chi connectivity index (χ4v) is 2.40. The molecule has 2 N–H and O–H groups in total. The summed E-state index contributed by atoms with van der Waals surface area (Å²) in [5.74, 6) is 1.36. The van der Waals surface area contributed by atoms with Crippen molar-refractivity contribution in [3.05, 3.63) is 28.5 Å². The van der Waals surface area contributed by atoms with E-state index in [9.17, 15) is 10.1 Å². The van der Waals surface area contributed by atoms with E-state index >= 15 is 0 Å². The zero-order chi connectivity index (χ0) is 14.7. The lowest BCUT2D eigenvalue weighted by atomic mass is 9.94. The lowest BCUT2D eigenvalue weighted by molar-refractivity contribution is -0.384. The highest BCUT2D eigenvalue weighted by atomic mass is 16.6. The van der Waals surface area contributed by atoms with Gasteiger partial charge < -0.3 is 10.6 Å². The van der Waals surface area contributed by atoms with Crippen LogP contribution in [0.15, 0.2) is 18.3 Å². The molecule has 21 heavy (non-hydrogen) atoms. The minimum atomic E-state index is -0.444. The van der Waals surface area contributed by atoms with Crippen molar-refractivity contribution in [2.45, 2.75) is 38.1 Å². The normalized spacial score (nSPS) is 21.0. The monoisotopic (exact) mass is 289 g/mol. The molecule has 0 radical (unpaired) electrons. The molecule has 1 saturated carbocycles. The van der Waals surface area contributed by atoms with Gasteiger partial charge in [-0.2, -0.15) is 4.98 Å². The summed E-state index contributed by atoms with van der Waals surface area (Å²) < 4.78 is 0. The van der Waals surface area contributed by atoms with Gasteiger partial charge in [0.2, 0.25) is 11.8 Å². The number of aromatic nitrogens is 2. The molecule has 0 bridgehead atoms. The third-order valence-electron chi connectivity index (χ3n) is 3.81. The second kappa shape index (κ2) is 6.07. The van der Waals surface area contributed by atoms with Gasteiger partial charge in [-0.15, -0.1) is 0 Å². The second-order valence-electron chi connectivity index (χ2n) is 5.63. The number of hydrogen-bond donors (Lipinski definition) is 2. The predicted molar refractivity (Wildman–Crippen MR) is 80.3 cm³/mol. The van der Waals surface area contributed by atoms with Crippen molar-refractivity contribution >= 4 is 17.5 Å². The maximum absolute atomic E-state index is 11.0. The van der Waals surface area contributed by atoms with Crippen LogP contribution < -0.4 is 10.6 Å². The molecule has 3 rings (SSSR count). The molecule has 0 spiro atoms. The average molecular weight is 289 g/mol. The maximum Gasteiger partial charge on any atom is 0.329 e. The summed E-state index contributed by atoms with van der Waals surface area (Å²) in [5.41, 5.74) is -0.0620. The van der Waals surface area contributed by atoms with Crippen LogP contribution in [0.5, 0.6) is 0 Å². The molecule has 0 aromatic carbocycles. The minimum Gasteiger partial charge on any atom is -0.361 e. The number of allylic oxidation sites excluding steroid dienone is 2. The molecule has 0 saturated heterocycles. The molecule has 2 aliphatic rings. The van der Waals surface area contributed by atoms with Crippen LogP contribution in [0.25, 0.3) is 0 Å². The summed E-state index contributed by atoms with van der Waals surface area (Å²) in [6.45, 7) is 0.797. The molecule has 1 aromatic heterocycles. The van der Waals surface area contributed by atoms with E-state index in [4.69, 9.17) is 0 Å². The van der Waals surface area contributed by atoms with Crippen LogP contribution in [0.1, 0.15) is 32.1 Å². The van der Waals surface area contributed by atoms with Crippen molar-refractivity contribution in [2.24, 2.45) is 5.92 Å². The van der Waals surface area contributed by atoms with Gasteiger partial charge in [0.25, 0.3) is 0 Å². The molecule has 0 amide bonds. The Labute approximate surface area is 123 Å². The molecule has 112 valence electrons. The number of anilines is 2. The number of nitrogens with zero attached hydrogens (tertiary/aromatic N) is 3. The van der Waals surface area contributed by atoms with E-state index in [2.05, 4.69) is 32.8 Å². The van der Waals surface area contributed by atoms with Crippen molar-refractivity contribution < 1.29 is 4.92 Å². The topological polar surface area (TPSA) is 93.0 Å². The fraction of sp³-hybridized carbons (Fsp3) is 0.571. The van der Waals surface area contributed by atoms with E-state index < -0.39 is 4.92 Å². The SMILES string of the molecule is O=[N+]([O-])c1cnc(NC[C@@H]2CC=CCC2)nc1NC1CC1. The number of nitrogens with one attached hydrogen (secondary N) is 2.